The van der Waals surface area contributed by atoms with Crippen LogP contribution in [0.25, 0.3) is 0 Å². The van der Waals surface area contributed by atoms with Crippen molar-refractivity contribution in [2.75, 3.05) is 6.54 Å². The predicted octanol–water partition coefficient (Wildman–Crippen LogP) is 4.74. The Balaban J connectivity index is 2.19. The van der Waals surface area contributed by atoms with Crippen molar-refractivity contribution in [2.24, 2.45) is 0 Å². The number of nitrogens with one attached hydrogen (secondary N) is 1. The highest BCUT2D eigenvalue weighted by Crippen LogP contribution is 2.10. The normalized spacial score (nSPS) is 11.0. The fourth-order valence-corrected chi connectivity index (χ4v) is 3.20. The van der Waals surface area contributed by atoms with E-state index in [1.807, 2.05) is 25.1 Å². The van der Waals surface area contributed by atoms with Crippen LogP contribution in [0.5, 0.6) is 0 Å². The molecule has 0 radical (unpaired) electrons. The monoisotopic (exact) mass is 335 g/mol. The summed E-state index contributed by atoms with van der Waals surface area (Å²) < 4.78 is 26.8. The third-order valence-corrected chi connectivity index (χ3v) is 5.06. The fourth-order valence-electron chi connectivity index (χ4n) is 2.13. The van der Waals surface area contributed by atoms with Crippen LogP contribution in [0.2, 0.25) is 0 Å². The summed E-state index contributed by atoms with van der Waals surface area (Å²) in [5, 5.41) is 0. The molecule has 1 rings (SSSR count). The number of hydrogen-bond donors (Lipinski definition) is 1. The number of benzene rings is 1. The molecule has 0 unspecified atom stereocenters. The third-order valence-electron chi connectivity index (χ3n) is 3.59. The van der Waals surface area contributed by atoms with Gasteiger partial charge in [-0.25, -0.2) is 13.1 Å². The lowest BCUT2D eigenvalue weighted by Crippen LogP contribution is -2.24. The van der Waals surface area contributed by atoms with Crippen LogP contribution in [-0.4, -0.2) is 15.0 Å². The van der Waals surface area contributed by atoms with Crippen molar-refractivity contribution in [3.63, 3.8) is 0 Å². The van der Waals surface area contributed by atoms with E-state index >= 15 is 0 Å². The van der Waals surface area contributed by atoms with E-state index < -0.39 is 10.0 Å². The molecule has 1 N–H and O–H groups in total. The summed E-state index contributed by atoms with van der Waals surface area (Å²) in [5.74, 6) is 0. The molecule has 0 aliphatic carbocycles. The van der Waals surface area contributed by atoms with Crippen molar-refractivity contribution in [3.8, 4) is 0 Å². The molecule has 0 fully saturated rings. The molecule has 4 heteroatoms. The summed E-state index contributed by atoms with van der Waals surface area (Å²) in [7, 11) is -3.37. The quantitative estimate of drug-likeness (QED) is 0.469. The van der Waals surface area contributed by atoms with E-state index in [1.54, 1.807) is 12.1 Å². The minimum atomic E-state index is -3.37. The van der Waals surface area contributed by atoms with Gasteiger partial charge in [0.1, 0.15) is 0 Å². The van der Waals surface area contributed by atoms with Crippen LogP contribution in [0.15, 0.2) is 47.0 Å². The van der Waals surface area contributed by atoms with Crippen LogP contribution in [-0.2, 0) is 10.0 Å². The van der Waals surface area contributed by atoms with E-state index in [0.29, 0.717) is 11.4 Å². The van der Waals surface area contributed by atoms with Crippen LogP contribution in [0.3, 0.4) is 0 Å². The molecule has 1 aromatic carbocycles. The molecule has 0 aliphatic heterocycles. The molecule has 0 saturated carbocycles. The molecule has 3 nitrogen and oxygen atoms in total. The van der Waals surface area contributed by atoms with Gasteiger partial charge in [-0.1, -0.05) is 37.5 Å². The van der Waals surface area contributed by atoms with Gasteiger partial charge in [0.05, 0.1) is 4.90 Å². The van der Waals surface area contributed by atoms with Gasteiger partial charge in [-0.15, -0.1) is 5.73 Å². The SMILES string of the molecule is CCCCCC=C=CCCCCNS(=O)(=O)c1ccc(C)cc1. The molecule has 0 atom stereocenters. The number of sulfonamides is 1. The Bertz CT molecular complexity index is 597. The molecular formula is C19H29NO2S. The Labute approximate surface area is 141 Å². The van der Waals surface area contributed by atoms with E-state index in [9.17, 15) is 8.42 Å². The molecule has 0 saturated heterocycles. The minimum absolute atomic E-state index is 0.331. The molecule has 0 aromatic heterocycles. The number of unbranched alkanes of at least 4 members (excludes halogenated alkanes) is 5. The summed E-state index contributed by atoms with van der Waals surface area (Å²) in [4.78, 5) is 0.331. The standard InChI is InChI=1S/C19H29NO2S/c1-3-4-5-6-7-8-9-10-11-12-17-20-23(21,22)19-15-13-18(2)14-16-19/h7,9,13-16,20H,3-6,10-12,17H2,1-2H3. The number of rotatable bonds is 11. The molecule has 1 aromatic rings. The van der Waals surface area contributed by atoms with E-state index in [-0.39, 0.29) is 0 Å². The van der Waals surface area contributed by atoms with E-state index in [4.69, 9.17) is 0 Å². The molecular weight excluding hydrogens is 306 g/mol. The summed E-state index contributed by atoms with van der Waals surface area (Å²) in [5.41, 5.74) is 4.25. The van der Waals surface area contributed by atoms with Crippen LogP contribution in [0, 0.1) is 6.92 Å². The lowest BCUT2D eigenvalue weighted by atomic mass is 10.2. The Morgan fingerprint density at radius 3 is 2.22 bits per heavy atom. The van der Waals surface area contributed by atoms with E-state index in [0.717, 1.165) is 31.2 Å². The third kappa shape index (κ3) is 8.75. The first kappa shape index (κ1) is 19.7. The number of allylic oxidation sites excluding steroid dienone is 1. The number of aryl methyl sites for hydroxylation is 1. The Morgan fingerprint density at radius 1 is 1.00 bits per heavy atom. The van der Waals surface area contributed by atoms with E-state index in [1.165, 1.54) is 19.3 Å². The molecule has 0 heterocycles. The first-order chi connectivity index (χ1) is 11.1. The second-order valence-electron chi connectivity index (χ2n) is 5.78. The number of hydrogen-bond acceptors (Lipinski definition) is 2. The van der Waals surface area contributed by atoms with Gasteiger partial charge in [0.15, 0.2) is 0 Å². The largest absolute Gasteiger partial charge is 0.240 e. The molecule has 0 spiro atoms. The van der Waals surface area contributed by atoms with Gasteiger partial charge >= 0.3 is 0 Å². The van der Waals surface area contributed by atoms with Gasteiger partial charge in [0.25, 0.3) is 0 Å². The summed E-state index contributed by atoms with van der Waals surface area (Å²) in [6.07, 6.45) is 11.7. The van der Waals surface area contributed by atoms with Crippen molar-refractivity contribution in [1.82, 2.24) is 4.72 Å². The second kappa shape index (κ2) is 11.2. The van der Waals surface area contributed by atoms with Gasteiger partial charge in [0.2, 0.25) is 10.0 Å². The average molecular weight is 336 g/mol. The lowest BCUT2D eigenvalue weighted by molar-refractivity contribution is 0.577. The maximum Gasteiger partial charge on any atom is 0.240 e. The first-order valence-electron chi connectivity index (χ1n) is 8.52. The summed E-state index contributed by atoms with van der Waals surface area (Å²) in [6.45, 7) is 4.62. The Kier molecular flexibility index (Phi) is 9.61. The second-order valence-corrected chi connectivity index (χ2v) is 7.54. The maximum absolute atomic E-state index is 12.1. The summed E-state index contributed by atoms with van der Waals surface area (Å²) >= 11 is 0. The molecule has 0 aliphatic rings. The van der Waals surface area contributed by atoms with Gasteiger partial charge in [-0.05, 0) is 63.3 Å². The lowest BCUT2D eigenvalue weighted by Gasteiger charge is -2.06. The average Bonchev–Trinajstić information content (AvgIpc) is 2.53. The predicted molar refractivity (Wildman–Crippen MR) is 97.0 cm³/mol. The summed E-state index contributed by atoms with van der Waals surface area (Å²) in [6, 6.07) is 6.91. The molecule has 0 amide bonds. The van der Waals surface area contributed by atoms with Gasteiger partial charge in [-0.2, -0.15) is 0 Å². The van der Waals surface area contributed by atoms with Gasteiger partial charge in [0, 0.05) is 6.54 Å². The minimum Gasteiger partial charge on any atom is -0.211 e. The highest BCUT2D eigenvalue weighted by molar-refractivity contribution is 7.89. The van der Waals surface area contributed by atoms with E-state index in [2.05, 4.69) is 23.5 Å². The smallest absolute Gasteiger partial charge is 0.211 e. The van der Waals surface area contributed by atoms with Crippen molar-refractivity contribution in [3.05, 3.63) is 47.7 Å². The Morgan fingerprint density at radius 2 is 1.61 bits per heavy atom. The van der Waals surface area contributed by atoms with Crippen molar-refractivity contribution >= 4 is 10.0 Å². The molecule has 23 heavy (non-hydrogen) atoms. The zero-order chi connectivity index (χ0) is 17.0. The maximum atomic E-state index is 12.1. The van der Waals surface area contributed by atoms with Crippen molar-refractivity contribution < 1.29 is 8.42 Å². The zero-order valence-corrected chi connectivity index (χ0v) is 15.2. The van der Waals surface area contributed by atoms with Crippen molar-refractivity contribution in [1.29, 1.82) is 0 Å². The molecule has 128 valence electrons. The Hall–Kier alpha value is -1.35. The van der Waals surface area contributed by atoms with Gasteiger partial charge in [-0.3, -0.25) is 0 Å². The topological polar surface area (TPSA) is 46.2 Å². The van der Waals surface area contributed by atoms with Crippen LogP contribution >= 0.6 is 0 Å². The molecule has 0 bridgehead atoms. The van der Waals surface area contributed by atoms with Crippen molar-refractivity contribution in [2.45, 2.75) is 63.7 Å². The highest BCUT2D eigenvalue weighted by Gasteiger charge is 2.12. The first-order valence-corrected chi connectivity index (χ1v) is 10.0. The zero-order valence-electron chi connectivity index (χ0n) is 14.3. The highest BCUT2D eigenvalue weighted by atomic mass is 32.2. The fraction of sp³-hybridized carbons (Fsp3) is 0.526. The van der Waals surface area contributed by atoms with Gasteiger partial charge < -0.3 is 0 Å². The van der Waals surface area contributed by atoms with Crippen LogP contribution in [0.1, 0.15) is 57.4 Å². The van der Waals surface area contributed by atoms with Crippen LogP contribution < -0.4 is 4.72 Å². The van der Waals surface area contributed by atoms with Crippen LogP contribution in [0.4, 0.5) is 0 Å².